The molecule has 0 aromatic carbocycles. The van der Waals surface area contributed by atoms with Crippen LogP contribution in [0.15, 0.2) is 23.6 Å². The Balaban J connectivity index is 1.89. The van der Waals surface area contributed by atoms with E-state index in [4.69, 9.17) is 5.11 Å². The summed E-state index contributed by atoms with van der Waals surface area (Å²) in [4.78, 5) is 13.7. The second kappa shape index (κ2) is 6.34. The third-order valence-electron chi connectivity index (χ3n) is 2.96. The van der Waals surface area contributed by atoms with Crippen molar-refractivity contribution in [2.75, 3.05) is 11.9 Å². The third-order valence-corrected chi connectivity index (χ3v) is 4.68. The lowest BCUT2D eigenvalue weighted by Crippen LogP contribution is -2.16. The van der Waals surface area contributed by atoms with Crippen molar-refractivity contribution in [1.82, 2.24) is 19.4 Å². The van der Waals surface area contributed by atoms with Gasteiger partial charge in [-0.05, 0) is 29.9 Å². The van der Waals surface area contributed by atoms with E-state index in [0.717, 1.165) is 22.1 Å². The first kappa shape index (κ1) is 14.8. The number of anilines is 1. The zero-order valence-electron chi connectivity index (χ0n) is 11.7. The van der Waals surface area contributed by atoms with E-state index in [1.165, 1.54) is 0 Å². The van der Waals surface area contributed by atoms with Crippen LogP contribution in [0.3, 0.4) is 0 Å². The van der Waals surface area contributed by atoms with Crippen LogP contribution in [0, 0.1) is 6.92 Å². The topological polar surface area (TPSA) is 92.9 Å². The zero-order valence-corrected chi connectivity index (χ0v) is 13.3. The number of rotatable bonds is 5. The van der Waals surface area contributed by atoms with E-state index in [1.807, 2.05) is 17.5 Å². The molecule has 114 valence electrons. The average molecular weight is 335 g/mol. The Kier molecular flexibility index (Phi) is 4.27. The molecule has 0 unspecified atom stereocenters. The number of amides is 1. The molecular weight excluding hydrogens is 322 g/mol. The highest BCUT2D eigenvalue weighted by Gasteiger charge is 2.17. The first-order chi connectivity index (χ1) is 10.7. The van der Waals surface area contributed by atoms with Gasteiger partial charge in [0.2, 0.25) is 0 Å². The SMILES string of the molecule is Cc1nnsc1C(=O)Nc1cc(-c2cccs2)nn1CCO. The highest BCUT2D eigenvalue weighted by molar-refractivity contribution is 7.13. The first-order valence-corrected chi connectivity index (χ1v) is 8.17. The summed E-state index contributed by atoms with van der Waals surface area (Å²) in [6.07, 6.45) is 0. The predicted octanol–water partition coefficient (Wildman–Crippen LogP) is 2.02. The standard InChI is InChI=1S/C13H13N5O2S2/c1-8-12(22-17-15-8)13(20)14-11-7-9(10-3-2-6-21-10)16-18(11)4-5-19/h2-3,6-7,19H,4-5H2,1H3,(H,14,20). The number of nitrogens with one attached hydrogen (secondary N) is 1. The number of thiophene rings is 1. The van der Waals surface area contributed by atoms with E-state index >= 15 is 0 Å². The number of aliphatic hydroxyl groups excluding tert-OH is 1. The number of aryl methyl sites for hydroxylation is 1. The Morgan fingerprint density at radius 3 is 3.00 bits per heavy atom. The summed E-state index contributed by atoms with van der Waals surface area (Å²) in [7, 11) is 0. The lowest BCUT2D eigenvalue weighted by Gasteiger charge is -2.06. The minimum atomic E-state index is -0.274. The van der Waals surface area contributed by atoms with Crippen LogP contribution in [0.2, 0.25) is 0 Å². The third kappa shape index (κ3) is 2.91. The second-order valence-electron chi connectivity index (χ2n) is 4.48. The maximum absolute atomic E-state index is 12.3. The second-order valence-corrected chi connectivity index (χ2v) is 6.18. The fourth-order valence-corrected chi connectivity index (χ4v) is 3.17. The van der Waals surface area contributed by atoms with E-state index in [0.29, 0.717) is 22.9 Å². The maximum Gasteiger partial charge on any atom is 0.270 e. The van der Waals surface area contributed by atoms with Gasteiger partial charge < -0.3 is 10.4 Å². The molecule has 0 atom stereocenters. The summed E-state index contributed by atoms with van der Waals surface area (Å²) in [6, 6.07) is 5.69. The molecule has 3 rings (SSSR count). The summed E-state index contributed by atoms with van der Waals surface area (Å²) in [5.41, 5.74) is 1.35. The zero-order chi connectivity index (χ0) is 15.5. The van der Waals surface area contributed by atoms with Crippen molar-refractivity contribution >= 4 is 34.6 Å². The fraction of sp³-hybridized carbons (Fsp3) is 0.231. The number of carbonyl (C=O) groups excluding carboxylic acids is 1. The molecule has 3 aromatic heterocycles. The summed E-state index contributed by atoms with van der Waals surface area (Å²) < 4.78 is 5.34. The van der Waals surface area contributed by atoms with Gasteiger partial charge >= 0.3 is 0 Å². The number of hydrogen-bond donors (Lipinski definition) is 2. The Hall–Kier alpha value is -2.10. The lowest BCUT2D eigenvalue weighted by molar-refractivity contribution is 0.102. The first-order valence-electron chi connectivity index (χ1n) is 6.52. The Labute approximate surface area is 134 Å². The van der Waals surface area contributed by atoms with Gasteiger partial charge in [-0.25, -0.2) is 4.68 Å². The van der Waals surface area contributed by atoms with Crippen molar-refractivity contribution < 1.29 is 9.90 Å². The quantitative estimate of drug-likeness (QED) is 0.744. The van der Waals surface area contributed by atoms with Gasteiger partial charge in [0.05, 0.1) is 23.7 Å². The van der Waals surface area contributed by atoms with Crippen LogP contribution >= 0.6 is 22.9 Å². The van der Waals surface area contributed by atoms with Gasteiger partial charge in [-0.2, -0.15) is 5.10 Å². The normalized spacial score (nSPS) is 10.8. The van der Waals surface area contributed by atoms with Crippen molar-refractivity contribution in [3.63, 3.8) is 0 Å². The molecule has 9 heteroatoms. The molecular formula is C13H13N5O2S2. The van der Waals surface area contributed by atoms with Crippen LogP contribution < -0.4 is 5.32 Å². The van der Waals surface area contributed by atoms with Gasteiger partial charge in [0.15, 0.2) is 0 Å². The van der Waals surface area contributed by atoms with Crippen molar-refractivity contribution in [3.05, 3.63) is 34.2 Å². The predicted molar refractivity (Wildman–Crippen MR) is 85.2 cm³/mol. The molecule has 0 aliphatic heterocycles. The fourth-order valence-electron chi connectivity index (χ4n) is 1.94. The van der Waals surface area contributed by atoms with Crippen molar-refractivity contribution in [2.45, 2.75) is 13.5 Å². The van der Waals surface area contributed by atoms with Crippen molar-refractivity contribution in [3.8, 4) is 10.6 Å². The number of carbonyl (C=O) groups is 1. The summed E-state index contributed by atoms with van der Waals surface area (Å²) >= 11 is 2.62. The van der Waals surface area contributed by atoms with Crippen molar-refractivity contribution in [2.24, 2.45) is 0 Å². The molecule has 7 nitrogen and oxygen atoms in total. The Bertz CT molecular complexity index is 778. The number of aliphatic hydroxyl groups is 1. The molecule has 22 heavy (non-hydrogen) atoms. The molecule has 0 saturated carbocycles. The smallest absolute Gasteiger partial charge is 0.270 e. The molecule has 0 fully saturated rings. The van der Waals surface area contributed by atoms with Gasteiger partial charge in [-0.3, -0.25) is 4.79 Å². The van der Waals surface area contributed by atoms with Crippen LogP contribution in [0.25, 0.3) is 10.6 Å². The van der Waals surface area contributed by atoms with E-state index in [-0.39, 0.29) is 12.5 Å². The minimum Gasteiger partial charge on any atom is -0.394 e. The van der Waals surface area contributed by atoms with Gasteiger partial charge in [0.1, 0.15) is 16.4 Å². The highest BCUT2D eigenvalue weighted by atomic mass is 32.1. The van der Waals surface area contributed by atoms with Crippen LogP contribution in [-0.2, 0) is 6.54 Å². The molecule has 0 saturated heterocycles. The summed E-state index contributed by atoms with van der Waals surface area (Å²) in [5, 5.41) is 22.2. The average Bonchev–Trinajstić information content (AvgIpc) is 3.20. The molecule has 0 aliphatic carbocycles. The molecule has 0 bridgehead atoms. The molecule has 3 aromatic rings. The Morgan fingerprint density at radius 1 is 1.50 bits per heavy atom. The monoisotopic (exact) mass is 335 g/mol. The molecule has 3 heterocycles. The van der Waals surface area contributed by atoms with Crippen LogP contribution in [0.5, 0.6) is 0 Å². The van der Waals surface area contributed by atoms with Crippen molar-refractivity contribution in [1.29, 1.82) is 0 Å². The van der Waals surface area contributed by atoms with E-state index in [2.05, 4.69) is 20.0 Å². The van der Waals surface area contributed by atoms with E-state index in [9.17, 15) is 4.79 Å². The molecule has 2 N–H and O–H groups in total. The Morgan fingerprint density at radius 2 is 2.36 bits per heavy atom. The summed E-state index contributed by atoms with van der Waals surface area (Å²) in [6.45, 7) is 1.98. The van der Waals surface area contributed by atoms with Crippen LogP contribution in [0.1, 0.15) is 15.4 Å². The highest BCUT2D eigenvalue weighted by Crippen LogP contribution is 2.26. The van der Waals surface area contributed by atoms with Gasteiger partial charge in [-0.15, -0.1) is 16.4 Å². The molecule has 0 radical (unpaired) electrons. The number of aromatic nitrogens is 4. The van der Waals surface area contributed by atoms with Gasteiger partial charge in [0.25, 0.3) is 5.91 Å². The minimum absolute atomic E-state index is 0.0599. The van der Waals surface area contributed by atoms with Crippen LogP contribution in [0.4, 0.5) is 5.82 Å². The van der Waals surface area contributed by atoms with Crippen LogP contribution in [-0.4, -0.2) is 37.0 Å². The van der Waals surface area contributed by atoms with E-state index in [1.54, 1.807) is 29.0 Å². The molecule has 0 aliphatic rings. The largest absolute Gasteiger partial charge is 0.394 e. The van der Waals surface area contributed by atoms with Gasteiger partial charge in [-0.1, -0.05) is 10.6 Å². The van der Waals surface area contributed by atoms with E-state index < -0.39 is 0 Å². The summed E-state index contributed by atoms with van der Waals surface area (Å²) in [5.74, 6) is 0.263. The molecule has 0 spiro atoms. The number of nitrogens with zero attached hydrogens (tertiary/aromatic N) is 4. The number of hydrogen-bond acceptors (Lipinski definition) is 7. The van der Waals surface area contributed by atoms with Gasteiger partial charge in [0, 0.05) is 6.07 Å². The lowest BCUT2D eigenvalue weighted by atomic mass is 10.3. The maximum atomic E-state index is 12.3. The molecule has 1 amide bonds.